The summed E-state index contributed by atoms with van der Waals surface area (Å²) in [7, 11) is 0. The van der Waals surface area contributed by atoms with Crippen LogP contribution in [0.15, 0.2) is 41.5 Å². The molecule has 0 unspecified atom stereocenters. The summed E-state index contributed by atoms with van der Waals surface area (Å²) in [5.41, 5.74) is 4.26. The smallest absolute Gasteiger partial charge is 0.255 e. The molecule has 1 aliphatic rings. The molecule has 31 heavy (non-hydrogen) atoms. The number of hydrogen-bond acceptors (Lipinski definition) is 5. The van der Waals surface area contributed by atoms with Crippen LogP contribution in [0.2, 0.25) is 4.47 Å². The molecule has 0 radical (unpaired) electrons. The fraction of sp³-hybridized carbons (Fsp3) is 0.348. The van der Waals surface area contributed by atoms with Crippen LogP contribution in [-0.4, -0.2) is 31.0 Å². The largest absolute Gasteiger partial charge is 0.342 e. The first-order chi connectivity index (χ1) is 15.1. The summed E-state index contributed by atoms with van der Waals surface area (Å²) in [5, 5.41) is 1.24. The van der Waals surface area contributed by atoms with Gasteiger partial charge in [0.25, 0.3) is 5.56 Å². The van der Waals surface area contributed by atoms with Crippen LogP contribution in [0.5, 0.6) is 0 Å². The summed E-state index contributed by atoms with van der Waals surface area (Å²) in [6.45, 7) is 5.18. The molecule has 4 aromatic rings. The maximum Gasteiger partial charge on any atom is 0.255 e. The number of aromatic nitrogens is 4. The number of benzene rings is 1. The Kier molecular flexibility index (Phi) is 5.65. The molecule has 1 aliphatic heterocycles. The molecule has 5 rings (SSSR count). The average molecular weight is 454 g/mol. The van der Waals surface area contributed by atoms with E-state index in [4.69, 9.17) is 16.6 Å². The topological polar surface area (TPSA) is 66.8 Å². The number of aromatic amines is 1. The van der Waals surface area contributed by atoms with Crippen molar-refractivity contribution in [1.82, 2.24) is 24.4 Å². The van der Waals surface area contributed by atoms with Crippen LogP contribution < -0.4 is 5.56 Å². The zero-order chi connectivity index (χ0) is 21.4. The molecule has 3 aromatic heterocycles. The van der Waals surface area contributed by atoms with Crippen LogP contribution in [0.25, 0.3) is 10.9 Å². The normalized spacial score (nSPS) is 14.3. The quantitative estimate of drug-likeness (QED) is 0.470. The number of nitrogens with one attached hydrogen (secondary N) is 1. The molecule has 160 valence electrons. The Morgan fingerprint density at radius 1 is 1.26 bits per heavy atom. The summed E-state index contributed by atoms with van der Waals surface area (Å²) >= 11 is 7.53. The van der Waals surface area contributed by atoms with Gasteiger partial charge in [-0.1, -0.05) is 36.7 Å². The summed E-state index contributed by atoms with van der Waals surface area (Å²) < 4.78 is 2.83. The first-order valence-electron chi connectivity index (χ1n) is 10.6. The number of nitrogens with zero attached hydrogens (tertiary/aromatic N) is 4. The molecule has 0 amide bonds. The summed E-state index contributed by atoms with van der Waals surface area (Å²) in [6, 6.07) is 8.47. The zero-order valence-electron chi connectivity index (χ0n) is 17.4. The van der Waals surface area contributed by atoms with E-state index in [1.54, 1.807) is 0 Å². The van der Waals surface area contributed by atoms with Crippen molar-refractivity contribution in [3.63, 3.8) is 0 Å². The highest BCUT2D eigenvalue weighted by Crippen LogP contribution is 2.27. The highest BCUT2D eigenvalue weighted by atomic mass is 35.5. The molecule has 1 N–H and O–H groups in total. The lowest BCUT2D eigenvalue weighted by atomic mass is 10.1. The van der Waals surface area contributed by atoms with E-state index in [9.17, 15) is 4.79 Å². The van der Waals surface area contributed by atoms with E-state index in [2.05, 4.69) is 56.8 Å². The van der Waals surface area contributed by atoms with Gasteiger partial charge in [-0.25, -0.2) is 9.97 Å². The molecule has 8 heteroatoms. The molecule has 0 fully saturated rings. The SMILES string of the molecule is CCCc1nc2c(c(=O)[nH]1)CN(Cc1cn(Cc3cnc(Cl)s3)c3ccccc13)CC2. The lowest BCUT2D eigenvalue weighted by molar-refractivity contribution is 0.242. The lowest BCUT2D eigenvalue weighted by Crippen LogP contribution is -2.35. The number of halogens is 1. The Bertz CT molecular complexity index is 1290. The number of fused-ring (bicyclic) bond motifs is 2. The Morgan fingerprint density at radius 3 is 2.94 bits per heavy atom. The van der Waals surface area contributed by atoms with Crippen molar-refractivity contribution in [1.29, 1.82) is 0 Å². The predicted molar refractivity (Wildman–Crippen MR) is 125 cm³/mol. The van der Waals surface area contributed by atoms with Gasteiger partial charge in [-0.3, -0.25) is 9.69 Å². The molecule has 1 aromatic carbocycles. The van der Waals surface area contributed by atoms with Crippen molar-refractivity contribution in [3.8, 4) is 0 Å². The number of aryl methyl sites for hydroxylation is 1. The highest BCUT2D eigenvalue weighted by molar-refractivity contribution is 7.15. The average Bonchev–Trinajstić information content (AvgIpc) is 3.32. The van der Waals surface area contributed by atoms with Gasteiger partial charge >= 0.3 is 0 Å². The van der Waals surface area contributed by atoms with E-state index in [0.717, 1.165) is 60.9 Å². The minimum atomic E-state index is 0.0163. The Hall–Kier alpha value is -2.48. The van der Waals surface area contributed by atoms with Crippen LogP contribution in [0, 0.1) is 0 Å². The number of H-pyrrole nitrogens is 1. The fourth-order valence-electron chi connectivity index (χ4n) is 4.37. The van der Waals surface area contributed by atoms with E-state index < -0.39 is 0 Å². The second kappa shape index (κ2) is 8.57. The van der Waals surface area contributed by atoms with Gasteiger partial charge in [0.15, 0.2) is 4.47 Å². The first kappa shape index (κ1) is 20.4. The molecular formula is C23H24ClN5OS. The molecule has 0 aliphatic carbocycles. The second-order valence-electron chi connectivity index (χ2n) is 8.03. The van der Waals surface area contributed by atoms with E-state index in [0.29, 0.717) is 11.0 Å². The Balaban J connectivity index is 1.41. The molecule has 4 heterocycles. The lowest BCUT2D eigenvalue weighted by Gasteiger charge is -2.27. The summed E-state index contributed by atoms with van der Waals surface area (Å²) in [4.78, 5) is 27.9. The van der Waals surface area contributed by atoms with Gasteiger partial charge in [0.1, 0.15) is 5.82 Å². The van der Waals surface area contributed by atoms with E-state index in [-0.39, 0.29) is 5.56 Å². The Morgan fingerprint density at radius 2 is 2.13 bits per heavy atom. The third-order valence-corrected chi connectivity index (χ3v) is 6.90. The van der Waals surface area contributed by atoms with Crippen molar-refractivity contribution in [2.24, 2.45) is 0 Å². The number of hydrogen-bond donors (Lipinski definition) is 1. The van der Waals surface area contributed by atoms with Crippen LogP contribution in [0.1, 0.15) is 40.9 Å². The van der Waals surface area contributed by atoms with Crippen LogP contribution >= 0.6 is 22.9 Å². The molecule has 0 spiro atoms. The standard InChI is InChI=1S/C23H24ClN5OS/c1-2-5-21-26-19-8-9-28(14-18(19)22(30)27-21)11-15-12-29(13-16-10-25-23(24)31-16)20-7-4-3-6-17(15)20/h3-4,6-7,10,12H,2,5,8-9,11,13-14H2,1H3,(H,26,27,30). The maximum atomic E-state index is 12.6. The molecule has 0 atom stereocenters. The summed E-state index contributed by atoms with van der Waals surface area (Å²) in [5.74, 6) is 0.811. The van der Waals surface area contributed by atoms with Gasteiger partial charge in [-0.2, -0.15) is 0 Å². The fourth-order valence-corrected chi connectivity index (χ4v) is 5.34. The van der Waals surface area contributed by atoms with Gasteiger partial charge in [0.2, 0.25) is 0 Å². The Labute approximate surface area is 189 Å². The van der Waals surface area contributed by atoms with E-state index >= 15 is 0 Å². The molecular weight excluding hydrogens is 430 g/mol. The number of thiazole rings is 1. The van der Waals surface area contributed by atoms with Gasteiger partial charge in [0.05, 0.1) is 17.8 Å². The van der Waals surface area contributed by atoms with Gasteiger partial charge in [0, 0.05) is 60.6 Å². The van der Waals surface area contributed by atoms with Gasteiger partial charge in [-0.05, 0) is 18.1 Å². The number of para-hydroxylation sites is 1. The van der Waals surface area contributed by atoms with Crippen molar-refractivity contribution < 1.29 is 0 Å². The minimum absolute atomic E-state index is 0.0163. The maximum absolute atomic E-state index is 12.6. The second-order valence-corrected chi connectivity index (χ2v) is 9.72. The molecule has 0 saturated carbocycles. The predicted octanol–water partition coefficient (Wildman–Crippen LogP) is 4.39. The summed E-state index contributed by atoms with van der Waals surface area (Å²) in [6.07, 6.45) is 6.67. The van der Waals surface area contributed by atoms with Gasteiger partial charge in [-0.15, -0.1) is 11.3 Å². The highest BCUT2D eigenvalue weighted by Gasteiger charge is 2.22. The third kappa shape index (κ3) is 4.18. The van der Waals surface area contributed by atoms with Crippen molar-refractivity contribution in [3.05, 3.63) is 79.0 Å². The molecule has 0 bridgehead atoms. The van der Waals surface area contributed by atoms with Gasteiger partial charge < -0.3 is 9.55 Å². The molecule has 6 nitrogen and oxygen atoms in total. The third-order valence-electron chi connectivity index (χ3n) is 5.80. The first-order valence-corrected chi connectivity index (χ1v) is 11.8. The molecule has 0 saturated heterocycles. The van der Waals surface area contributed by atoms with Crippen LogP contribution in [-0.2, 0) is 32.5 Å². The minimum Gasteiger partial charge on any atom is -0.342 e. The van der Waals surface area contributed by atoms with E-state index in [1.807, 2.05) is 6.20 Å². The van der Waals surface area contributed by atoms with Crippen molar-refractivity contribution in [2.45, 2.75) is 45.8 Å². The zero-order valence-corrected chi connectivity index (χ0v) is 19.0. The van der Waals surface area contributed by atoms with Crippen LogP contribution in [0.3, 0.4) is 0 Å². The van der Waals surface area contributed by atoms with Crippen molar-refractivity contribution >= 4 is 33.8 Å². The number of rotatable bonds is 6. The van der Waals surface area contributed by atoms with Crippen LogP contribution in [0.4, 0.5) is 0 Å². The van der Waals surface area contributed by atoms with E-state index in [1.165, 1.54) is 27.8 Å². The monoisotopic (exact) mass is 453 g/mol. The van der Waals surface area contributed by atoms with Crippen molar-refractivity contribution in [2.75, 3.05) is 6.54 Å².